The van der Waals surface area contributed by atoms with Crippen LogP contribution in [0, 0.1) is 6.92 Å². The van der Waals surface area contributed by atoms with Crippen LogP contribution in [0.1, 0.15) is 36.8 Å². The van der Waals surface area contributed by atoms with Gasteiger partial charge in [0.05, 0.1) is 6.61 Å². The van der Waals surface area contributed by atoms with Crippen molar-refractivity contribution in [3.8, 4) is 0 Å². The predicted octanol–water partition coefficient (Wildman–Crippen LogP) is 4.51. The molecule has 0 spiro atoms. The van der Waals surface area contributed by atoms with Gasteiger partial charge in [-0.05, 0) is 29.8 Å². The molecular weight excluding hydrogens is 311 g/mol. The summed E-state index contributed by atoms with van der Waals surface area (Å²) < 4.78 is 6.92. The molecule has 0 bridgehead atoms. The van der Waals surface area contributed by atoms with E-state index < -0.39 is 0 Å². The molecule has 1 nitrogen and oxygen atoms in total. The first-order chi connectivity index (χ1) is 7.83. The molecule has 0 fully saturated rings. The highest BCUT2D eigenvalue weighted by Gasteiger charge is 1.93. The smallest absolute Gasteiger partial charge is 0.0716 e. The third-order valence-corrected chi connectivity index (χ3v) is 3.32. The van der Waals surface area contributed by atoms with Crippen molar-refractivity contribution in [3.63, 3.8) is 0 Å². The molecule has 1 aromatic carbocycles. The Morgan fingerprint density at radius 1 is 1.00 bits per heavy atom. The lowest BCUT2D eigenvalue weighted by molar-refractivity contribution is 0.117. The van der Waals surface area contributed by atoms with Gasteiger partial charge in [-0.15, -0.1) is 0 Å². The molecule has 1 rings (SSSR count). The molecule has 16 heavy (non-hydrogen) atoms. The van der Waals surface area contributed by atoms with Gasteiger partial charge in [-0.2, -0.15) is 0 Å². The maximum atomic E-state index is 5.64. The molecule has 0 aromatic heterocycles. The zero-order chi connectivity index (χ0) is 11.6. The summed E-state index contributed by atoms with van der Waals surface area (Å²) in [4.78, 5) is 0. The minimum Gasteiger partial charge on any atom is -0.377 e. The molecule has 2 heteroatoms. The largest absolute Gasteiger partial charge is 0.377 e. The third-order valence-electron chi connectivity index (χ3n) is 2.56. The molecule has 0 amide bonds. The Kier molecular flexibility index (Phi) is 7.85. The van der Waals surface area contributed by atoms with Gasteiger partial charge in [-0.3, -0.25) is 0 Å². The van der Waals surface area contributed by atoms with Crippen LogP contribution in [0.15, 0.2) is 24.3 Å². The van der Waals surface area contributed by atoms with Crippen molar-refractivity contribution in [1.29, 1.82) is 0 Å². The Balaban J connectivity index is 2.01. The number of ether oxygens (including phenoxy) is 1. The van der Waals surface area contributed by atoms with Crippen molar-refractivity contribution < 1.29 is 4.74 Å². The van der Waals surface area contributed by atoms with Gasteiger partial charge in [0.15, 0.2) is 0 Å². The minimum absolute atomic E-state index is 0.757. The molecule has 1 aromatic rings. The Morgan fingerprint density at radius 2 is 1.69 bits per heavy atom. The van der Waals surface area contributed by atoms with Gasteiger partial charge >= 0.3 is 0 Å². The highest BCUT2D eigenvalue weighted by atomic mass is 127. The van der Waals surface area contributed by atoms with Crippen molar-refractivity contribution in [2.24, 2.45) is 0 Å². The molecule has 0 aliphatic heterocycles. The maximum absolute atomic E-state index is 5.64. The standard InChI is InChI=1S/C14H21IO/c1-13-6-8-14(9-7-13)12-16-11-5-3-2-4-10-15/h6-9H,2-5,10-12H2,1H3. The fourth-order valence-corrected chi connectivity index (χ4v) is 2.07. The highest BCUT2D eigenvalue weighted by Crippen LogP contribution is 2.06. The fourth-order valence-electron chi connectivity index (χ4n) is 1.53. The number of hydrogen-bond acceptors (Lipinski definition) is 1. The summed E-state index contributed by atoms with van der Waals surface area (Å²) in [5.41, 5.74) is 2.58. The average molecular weight is 332 g/mol. The Hall–Kier alpha value is -0.0900. The van der Waals surface area contributed by atoms with Crippen LogP contribution in [0.3, 0.4) is 0 Å². The number of rotatable bonds is 8. The molecule has 90 valence electrons. The first-order valence-corrected chi connectivity index (χ1v) is 7.55. The lowest BCUT2D eigenvalue weighted by Crippen LogP contribution is -1.95. The third kappa shape index (κ3) is 6.48. The van der Waals surface area contributed by atoms with Crippen molar-refractivity contribution >= 4 is 22.6 Å². The lowest BCUT2D eigenvalue weighted by atomic mass is 10.2. The van der Waals surface area contributed by atoms with Crippen LogP contribution in [-0.2, 0) is 11.3 Å². The molecule has 0 saturated carbocycles. The van der Waals surface area contributed by atoms with Gasteiger partial charge in [0.25, 0.3) is 0 Å². The molecule has 0 unspecified atom stereocenters. The monoisotopic (exact) mass is 332 g/mol. The Labute approximate surface area is 113 Å². The summed E-state index contributed by atoms with van der Waals surface area (Å²) in [5.74, 6) is 0. The van der Waals surface area contributed by atoms with Crippen LogP contribution in [0.4, 0.5) is 0 Å². The van der Waals surface area contributed by atoms with Gasteiger partial charge in [0.1, 0.15) is 0 Å². The SMILES string of the molecule is Cc1ccc(COCCCCCCI)cc1. The van der Waals surface area contributed by atoms with Gasteiger partial charge < -0.3 is 4.74 Å². The van der Waals surface area contributed by atoms with E-state index in [2.05, 4.69) is 53.8 Å². The number of benzene rings is 1. The lowest BCUT2D eigenvalue weighted by Gasteiger charge is -2.04. The Morgan fingerprint density at radius 3 is 2.38 bits per heavy atom. The average Bonchev–Trinajstić information content (AvgIpc) is 2.30. The minimum atomic E-state index is 0.757. The van der Waals surface area contributed by atoms with E-state index in [1.54, 1.807) is 0 Å². The van der Waals surface area contributed by atoms with Crippen LogP contribution >= 0.6 is 22.6 Å². The van der Waals surface area contributed by atoms with Crippen LogP contribution in [0.25, 0.3) is 0 Å². The van der Waals surface area contributed by atoms with Crippen LogP contribution in [-0.4, -0.2) is 11.0 Å². The quantitative estimate of drug-likeness (QED) is 0.387. The van der Waals surface area contributed by atoms with Crippen LogP contribution in [0.2, 0.25) is 0 Å². The normalized spacial score (nSPS) is 10.6. The summed E-state index contributed by atoms with van der Waals surface area (Å²) in [6.45, 7) is 3.76. The van der Waals surface area contributed by atoms with Gasteiger partial charge in [0, 0.05) is 6.61 Å². The second kappa shape index (κ2) is 8.99. The van der Waals surface area contributed by atoms with E-state index in [0.29, 0.717) is 0 Å². The number of aryl methyl sites for hydroxylation is 1. The summed E-state index contributed by atoms with van der Waals surface area (Å²) in [5, 5.41) is 0. The second-order valence-electron chi connectivity index (χ2n) is 4.14. The Bertz CT molecular complexity index is 269. The number of halogens is 1. The van der Waals surface area contributed by atoms with Crippen molar-refractivity contribution in [2.45, 2.75) is 39.2 Å². The molecule has 0 radical (unpaired) electrons. The van der Waals surface area contributed by atoms with E-state index >= 15 is 0 Å². The zero-order valence-electron chi connectivity index (χ0n) is 10.0. The molecular formula is C14H21IO. The number of alkyl halides is 1. The first-order valence-electron chi connectivity index (χ1n) is 6.02. The summed E-state index contributed by atoms with van der Waals surface area (Å²) in [7, 11) is 0. The van der Waals surface area contributed by atoms with E-state index in [0.717, 1.165) is 13.2 Å². The van der Waals surface area contributed by atoms with Gasteiger partial charge in [0.2, 0.25) is 0 Å². The summed E-state index contributed by atoms with van der Waals surface area (Å²) in [6, 6.07) is 8.56. The number of hydrogen-bond donors (Lipinski definition) is 0. The topological polar surface area (TPSA) is 9.23 Å². The highest BCUT2D eigenvalue weighted by molar-refractivity contribution is 14.1. The van der Waals surface area contributed by atoms with Crippen molar-refractivity contribution in [1.82, 2.24) is 0 Å². The molecule has 0 aliphatic carbocycles. The van der Waals surface area contributed by atoms with E-state index in [9.17, 15) is 0 Å². The fraction of sp³-hybridized carbons (Fsp3) is 0.571. The predicted molar refractivity (Wildman–Crippen MR) is 78.2 cm³/mol. The van der Waals surface area contributed by atoms with E-state index in [-0.39, 0.29) is 0 Å². The number of unbranched alkanes of at least 4 members (excludes halogenated alkanes) is 3. The second-order valence-corrected chi connectivity index (χ2v) is 5.22. The molecule has 0 saturated heterocycles. The van der Waals surface area contributed by atoms with Crippen LogP contribution in [0.5, 0.6) is 0 Å². The van der Waals surface area contributed by atoms with Crippen molar-refractivity contribution in [3.05, 3.63) is 35.4 Å². The summed E-state index contributed by atoms with van der Waals surface area (Å²) in [6.07, 6.45) is 5.19. The first kappa shape index (κ1) is 14.0. The molecule has 0 N–H and O–H groups in total. The van der Waals surface area contributed by atoms with Crippen molar-refractivity contribution in [2.75, 3.05) is 11.0 Å². The van der Waals surface area contributed by atoms with Gasteiger partial charge in [-0.25, -0.2) is 0 Å². The molecule has 0 atom stereocenters. The molecule has 0 heterocycles. The van der Waals surface area contributed by atoms with E-state index in [1.165, 1.54) is 41.2 Å². The van der Waals surface area contributed by atoms with Gasteiger partial charge in [-0.1, -0.05) is 65.3 Å². The van der Waals surface area contributed by atoms with E-state index in [1.807, 2.05) is 0 Å². The summed E-state index contributed by atoms with van der Waals surface area (Å²) >= 11 is 2.43. The van der Waals surface area contributed by atoms with E-state index in [4.69, 9.17) is 4.74 Å². The maximum Gasteiger partial charge on any atom is 0.0716 e. The van der Waals surface area contributed by atoms with Crippen LogP contribution < -0.4 is 0 Å². The molecule has 0 aliphatic rings. The zero-order valence-corrected chi connectivity index (χ0v) is 12.2.